The highest BCUT2D eigenvalue weighted by atomic mass is 16.1. The lowest BCUT2D eigenvalue weighted by Gasteiger charge is -2.08. The van der Waals surface area contributed by atoms with E-state index in [-0.39, 0.29) is 11.7 Å². The predicted molar refractivity (Wildman–Crippen MR) is 83.1 cm³/mol. The average Bonchev–Trinajstić information content (AvgIpc) is 2.49. The van der Waals surface area contributed by atoms with Crippen molar-refractivity contribution in [2.45, 2.75) is 6.92 Å². The number of pyridine rings is 2. The molecule has 0 unspecified atom stereocenters. The number of hydrogen-bond acceptors (Lipinski definition) is 4. The quantitative estimate of drug-likeness (QED) is 0.755. The molecule has 3 aromatic rings. The Labute approximate surface area is 121 Å². The van der Waals surface area contributed by atoms with Crippen LogP contribution < -0.4 is 11.1 Å². The average molecular weight is 278 g/mol. The molecule has 5 nitrogen and oxygen atoms in total. The SMILES string of the molecule is Cc1ccc(NC(=O)c2cc3cccnc3nc2N)cc1. The summed E-state index contributed by atoms with van der Waals surface area (Å²) >= 11 is 0. The summed E-state index contributed by atoms with van der Waals surface area (Å²) in [5, 5.41) is 3.59. The van der Waals surface area contributed by atoms with Gasteiger partial charge in [0.15, 0.2) is 5.65 Å². The third-order valence-electron chi connectivity index (χ3n) is 3.17. The van der Waals surface area contributed by atoms with Gasteiger partial charge in [0.1, 0.15) is 5.82 Å². The molecule has 1 aromatic carbocycles. The van der Waals surface area contributed by atoms with E-state index >= 15 is 0 Å². The summed E-state index contributed by atoms with van der Waals surface area (Å²) in [6.07, 6.45) is 1.64. The Balaban J connectivity index is 1.93. The predicted octanol–water partition coefficient (Wildman–Crippen LogP) is 2.77. The van der Waals surface area contributed by atoms with Gasteiger partial charge in [0.25, 0.3) is 5.91 Å². The molecule has 0 saturated carbocycles. The van der Waals surface area contributed by atoms with Crippen LogP contribution >= 0.6 is 0 Å². The van der Waals surface area contributed by atoms with Crippen molar-refractivity contribution in [2.75, 3.05) is 11.1 Å². The van der Waals surface area contributed by atoms with Gasteiger partial charge in [-0.15, -0.1) is 0 Å². The Morgan fingerprint density at radius 2 is 1.95 bits per heavy atom. The van der Waals surface area contributed by atoms with Crippen molar-refractivity contribution < 1.29 is 4.79 Å². The summed E-state index contributed by atoms with van der Waals surface area (Å²) in [7, 11) is 0. The van der Waals surface area contributed by atoms with Crippen molar-refractivity contribution >= 4 is 28.4 Å². The van der Waals surface area contributed by atoms with Gasteiger partial charge in [-0.3, -0.25) is 4.79 Å². The lowest BCUT2D eigenvalue weighted by atomic mass is 10.1. The third kappa shape index (κ3) is 2.67. The second kappa shape index (κ2) is 5.20. The van der Waals surface area contributed by atoms with Gasteiger partial charge in [-0.2, -0.15) is 0 Å². The Morgan fingerprint density at radius 3 is 2.71 bits per heavy atom. The van der Waals surface area contributed by atoms with Crippen LogP contribution in [0.2, 0.25) is 0 Å². The number of aryl methyl sites for hydroxylation is 1. The normalized spacial score (nSPS) is 10.5. The van der Waals surface area contributed by atoms with Gasteiger partial charge in [-0.25, -0.2) is 9.97 Å². The molecule has 5 heteroatoms. The fraction of sp³-hybridized carbons (Fsp3) is 0.0625. The van der Waals surface area contributed by atoms with Crippen LogP contribution in [-0.2, 0) is 0 Å². The molecule has 0 bridgehead atoms. The second-order valence-corrected chi connectivity index (χ2v) is 4.79. The van der Waals surface area contributed by atoms with Crippen LogP contribution in [0.15, 0.2) is 48.7 Å². The Kier molecular flexibility index (Phi) is 3.23. The molecule has 0 atom stereocenters. The Morgan fingerprint density at radius 1 is 1.19 bits per heavy atom. The molecule has 0 saturated heterocycles. The topological polar surface area (TPSA) is 80.9 Å². The van der Waals surface area contributed by atoms with Crippen molar-refractivity contribution in [3.63, 3.8) is 0 Å². The highest BCUT2D eigenvalue weighted by Crippen LogP contribution is 2.18. The number of hydrogen-bond donors (Lipinski definition) is 2. The molecule has 21 heavy (non-hydrogen) atoms. The number of aromatic nitrogens is 2. The van der Waals surface area contributed by atoms with E-state index < -0.39 is 0 Å². The molecule has 0 aliphatic carbocycles. The highest BCUT2D eigenvalue weighted by Gasteiger charge is 2.13. The number of nitrogen functional groups attached to an aromatic ring is 1. The number of fused-ring (bicyclic) bond motifs is 1. The zero-order chi connectivity index (χ0) is 14.8. The standard InChI is InChI=1S/C16H14N4O/c1-10-4-6-12(7-5-10)19-16(21)13-9-11-3-2-8-18-15(11)20-14(13)17/h2-9H,1H3,(H,19,21)(H2,17,18,20). The van der Waals surface area contributed by atoms with E-state index in [9.17, 15) is 4.79 Å². The minimum absolute atomic E-state index is 0.172. The molecule has 0 radical (unpaired) electrons. The van der Waals surface area contributed by atoms with Gasteiger partial charge in [0.05, 0.1) is 5.56 Å². The number of benzene rings is 1. The fourth-order valence-corrected chi connectivity index (χ4v) is 2.04. The number of anilines is 2. The number of nitrogens with two attached hydrogens (primary N) is 1. The van der Waals surface area contributed by atoms with E-state index in [2.05, 4.69) is 15.3 Å². The number of carbonyl (C=O) groups is 1. The minimum atomic E-state index is -0.283. The van der Waals surface area contributed by atoms with Gasteiger partial charge < -0.3 is 11.1 Å². The van der Waals surface area contributed by atoms with E-state index in [1.807, 2.05) is 37.3 Å². The number of rotatable bonds is 2. The molecule has 104 valence electrons. The zero-order valence-electron chi connectivity index (χ0n) is 11.5. The molecule has 3 N–H and O–H groups in total. The van der Waals surface area contributed by atoms with Gasteiger partial charge in [0.2, 0.25) is 0 Å². The summed E-state index contributed by atoms with van der Waals surface area (Å²) in [6.45, 7) is 1.99. The van der Waals surface area contributed by atoms with Crippen LogP contribution in [0.3, 0.4) is 0 Å². The molecule has 1 amide bonds. The highest BCUT2D eigenvalue weighted by molar-refractivity contribution is 6.08. The first-order valence-corrected chi connectivity index (χ1v) is 6.53. The summed E-state index contributed by atoms with van der Waals surface area (Å²) in [4.78, 5) is 20.6. The van der Waals surface area contributed by atoms with E-state index in [0.29, 0.717) is 11.2 Å². The number of nitrogens with one attached hydrogen (secondary N) is 1. The first kappa shape index (κ1) is 13.1. The summed E-state index contributed by atoms with van der Waals surface area (Å²) in [5.74, 6) is -0.111. The van der Waals surface area contributed by atoms with Crippen LogP contribution in [0, 0.1) is 6.92 Å². The molecule has 2 aromatic heterocycles. The van der Waals surface area contributed by atoms with Crippen LogP contribution in [-0.4, -0.2) is 15.9 Å². The minimum Gasteiger partial charge on any atom is -0.383 e. The first-order valence-electron chi connectivity index (χ1n) is 6.53. The van der Waals surface area contributed by atoms with E-state index in [0.717, 1.165) is 16.6 Å². The molecule has 2 heterocycles. The molecule has 0 aliphatic heterocycles. The van der Waals surface area contributed by atoms with Crippen molar-refractivity contribution in [3.8, 4) is 0 Å². The summed E-state index contributed by atoms with van der Waals surface area (Å²) in [6, 6.07) is 12.9. The van der Waals surface area contributed by atoms with Crippen molar-refractivity contribution in [3.05, 3.63) is 59.8 Å². The maximum absolute atomic E-state index is 12.3. The number of carbonyl (C=O) groups excluding carboxylic acids is 1. The molecule has 3 rings (SSSR count). The van der Waals surface area contributed by atoms with E-state index in [1.54, 1.807) is 18.3 Å². The van der Waals surface area contributed by atoms with Crippen molar-refractivity contribution in [2.24, 2.45) is 0 Å². The van der Waals surface area contributed by atoms with Crippen LogP contribution in [0.4, 0.5) is 11.5 Å². The summed E-state index contributed by atoms with van der Waals surface area (Å²) in [5.41, 5.74) is 8.58. The van der Waals surface area contributed by atoms with Crippen LogP contribution in [0.1, 0.15) is 15.9 Å². The van der Waals surface area contributed by atoms with Crippen LogP contribution in [0.25, 0.3) is 11.0 Å². The van der Waals surface area contributed by atoms with Crippen molar-refractivity contribution in [1.29, 1.82) is 0 Å². The largest absolute Gasteiger partial charge is 0.383 e. The zero-order valence-corrected chi connectivity index (χ0v) is 11.5. The number of nitrogens with zero attached hydrogens (tertiary/aromatic N) is 2. The van der Waals surface area contributed by atoms with Gasteiger partial charge >= 0.3 is 0 Å². The smallest absolute Gasteiger partial charge is 0.259 e. The van der Waals surface area contributed by atoms with E-state index in [1.165, 1.54) is 0 Å². The van der Waals surface area contributed by atoms with Crippen LogP contribution in [0.5, 0.6) is 0 Å². The maximum atomic E-state index is 12.3. The lowest BCUT2D eigenvalue weighted by Crippen LogP contribution is -2.15. The first-order chi connectivity index (χ1) is 10.1. The molecule has 0 fully saturated rings. The Bertz CT molecular complexity index is 812. The van der Waals surface area contributed by atoms with Gasteiger partial charge in [0, 0.05) is 17.3 Å². The monoisotopic (exact) mass is 278 g/mol. The lowest BCUT2D eigenvalue weighted by molar-refractivity contribution is 0.102. The van der Waals surface area contributed by atoms with Gasteiger partial charge in [-0.1, -0.05) is 17.7 Å². The second-order valence-electron chi connectivity index (χ2n) is 4.79. The van der Waals surface area contributed by atoms with E-state index in [4.69, 9.17) is 5.73 Å². The molecular formula is C16H14N4O. The molecular weight excluding hydrogens is 264 g/mol. The molecule has 0 spiro atoms. The fourth-order valence-electron chi connectivity index (χ4n) is 2.04. The summed E-state index contributed by atoms with van der Waals surface area (Å²) < 4.78 is 0. The maximum Gasteiger partial charge on any atom is 0.259 e. The number of amides is 1. The third-order valence-corrected chi connectivity index (χ3v) is 3.17. The molecule has 0 aliphatic rings. The Hall–Kier alpha value is -2.95. The van der Waals surface area contributed by atoms with Crippen molar-refractivity contribution in [1.82, 2.24) is 9.97 Å². The van der Waals surface area contributed by atoms with Gasteiger partial charge in [-0.05, 0) is 37.3 Å².